The molecule has 2 aromatic rings. The third-order valence-corrected chi connectivity index (χ3v) is 2.28. The average Bonchev–Trinajstić information content (AvgIpc) is 2.39. The smallest absolute Gasteiger partial charge is 0.161 e. The van der Waals surface area contributed by atoms with Gasteiger partial charge in [0.25, 0.3) is 0 Å². The van der Waals surface area contributed by atoms with Crippen molar-refractivity contribution < 1.29 is 0 Å². The second-order valence-electron chi connectivity index (χ2n) is 3.39. The van der Waals surface area contributed by atoms with E-state index in [1.54, 1.807) is 0 Å². The zero-order valence-corrected chi connectivity index (χ0v) is 9.14. The van der Waals surface area contributed by atoms with E-state index in [2.05, 4.69) is 15.3 Å². The summed E-state index contributed by atoms with van der Waals surface area (Å²) in [4.78, 5) is 8.79. The number of rotatable bonds is 3. The van der Waals surface area contributed by atoms with Gasteiger partial charge in [0.1, 0.15) is 5.82 Å². The minimum atomic E-state index is 0.414. The topological polar surface area (TPSA) is 63.8 Å². The summed E-state index contributed by atoms with van der Waals surface area (Å²) in [6.45, 7) is 0.414. The maximum Gasteiger partial charge on any atom is 0.161 e. The van der Waals surface area contributed by atoms with E-state index in [1.165, 1.54) is 0 Å². The summed E-state index contributed by atoms with van der Waals surface area (Å²) in [6.07, 6.45) is 0. The van der Waals surface area contributed by atoms with Crippen LogP contribution >= 0.6 is 0 Å². The van der Waals surface area contributed by atoms with E-state index in [1.807, 2.05) is 43.4 Å². The Morgan fingerprint density at radius 3 is 2.56 bits per heavy atom. The zero-order valence-electron chi connectivity index (χ0n) is 9.14. The fraction of sp³-hybridized carbons (Fsp3) is 0.167. The summed E-state index contributed by atoms with van der Waals surface area (Å²) in [7, 11) is 1.83. The van der Waals surface area contributed by atoms with Gasteiger partial charge in [0.05, 0.1) is 5.69 Å². The van der Waals surface area contributed by atoms with Crippen LogP contribution < -0.4 is 11.1 Å². The van der Waals surface area contributed by atoms with Gasteiger partial charge in [-0.25, -0.2) is 9.97 Å². The van der Waals surface area contributed by atoms with Gasteiger partial charge in [0.2, 0.25) is 0 Å². The maximum atomic E-state index is 5.60. The molecule has 0 radical (unpaired) electrons. The van der Waals surface area contributed by atoms with Gasteiger partial charge in [0.15, 0.2) is 5.82 Å². The average molecular weight is 214 g/mol. The summed E-state index contributed by atoms with van der Waals surface area (Å²) >= 11 is 0. The molecule has 0 aliphatic carbocycles. The van der Waals surface area contributed by atoms with E-state index in [-0.39, 0.29) is 0 Å². The molecule has 82 valence electrons. The van der Waals surface area contributed by atoms with Gasteiger partial charge in [-0.3, -0.25) is 0 Å². The number of nitrogens with two attached hydrogens (primary N) is 1. The highest BCUT2D eigenvalue weighted by molar-refractivity contribution is 5.57. The first kappa shape index (κ1) is 10.6. The Morgan fingerprint density at radius 1 is 1.19 bits per heavy atom. The molecule has 2 rings (SSSR count). The molecule has 0 saturated heterocycles. The van der Waals surface area contributed by atoms with E-state index in [0.29, 0.717) is 12.4 Å². The van der Waals surface area contributed by atoms with Crippen LogP contribution in [0.2, 0.25) is 0 Å². The Labute approximate surface area is 94.5 Å². The molecule has 4 nitrogen and oxygen atoms in total. The Morgan fingerprint density at radius 2 is 1.94 bits per heavy atom. The lowest BCUT2D eigenvalue weighted by atomic mass is 10.2. The van der Waals surface area contributed by atoms with Gasteiger partial charge in [-0.15, -0.1) is 0 Å². The lowest BCUT2D eigenvalue weighted by Crippen LogP contribution is -2.04. The molecule has 0 atom stereocenters. The summed E-state index contributed by atoms with van der Waals surface area (Å²) in [5.74, 6) is 1.49. The molecule has 4 heteroatoms. The third kappa shape index (κ3) is 2.17. The molecule has 3 N–H and O–H groups in total. The van der Waals surface area contributed by atoms with Crippen molar-refractivity contribution in [3.8, 4) is 11.4 Å². The van der Waals surface area contributed by atoms with E-state index < -0.39 is 0 Å². The highest BCUT2D eigenvalue weighted by atomic mass is 15.0. The normalized spacial score (nSPS) is 10.1. The Bertz CT molecular complexity index is 445. The second-order valence-corrected chi connectivity index (χ2v) is 3.39. The van der Waals surface area contributed by atoms with Crippen molar-refractivity contribution in [3.05, 3.63) is 42.1 Å². The van der Waals surface area contributed by atoms with Crippen molar-refractivity contribution in [2.24, 2.45) is 5.73 Å². The lowest BCUT2D eigenvalue weighted by molar-refractivity contribution is 0.970. The highest BCUT2D eigenvalue weighted by Crippen LogP contribution is 2.17. The van der Waals surface area contributed by atoms with E-state index in [4.69, 9.17) is 5.73 Å². The molecule has 0 bridgehead atoms. The van der Waals surface area contributed by atoms with Crippen molar-refractivity contribution in [1.29, 1.82) is 0 Å². The fourth-order valence-corrected chi connectivity index (χ4v) is 1.45. The maximum absolute atomic E-state index is 5.60. The Balaban J connectivity index is 2.48. The van der Waals surface area contributed by atoms with Gasteiger partial charge in [-0.2, -0.15) is 0 Å². The first-order chi connectivity index (χ1) is 7.83. The van der Waals surface area contributed by atoms with Crippen molar-refractivity contribution in [2.75, 3.05) is 12.4 Å². The molecule has 0 unspecified atom stereocenters. The Hall–Kier alpha value is -1.94. The number of benzene rings is 1. The molecule has 0 spiro atoms. The van der Waals surface area contributed by atoms with Crippen LogP contribution in [0.25, 0.3) is 11.4 Å². The van der Waals surface area contributed by atoms with Gasteiger partial charge in [-0.1, -0.05) is 30.3 Å². The van der Waals surface area contributed by atoms with Crippen molar-refractivity contribution in [1.82, 2.24) is 9.97 Å². The minimum Gasteiger partial charge on any atom is -0.373 e. The predicted molar refractivity (Wildman–Crippen MR) is 64.9 cm³/mol. The van der Waals surface area contributed by atoms with Crippen LogP contribution in [-0.2, 0) is 6.54 Å². The third-order valence-electron chi connectivity index (χ3n) is 2.28. The van der Waals surface area contributed by atoms with Crippen LogP contribution in [0.4, 0.5) is 5.82 Å². The van der Waals surface area contributed by atoms with Crippen LogP contribution in [0.3, 0.4) is 0 Å². The number of hydrogen-bond acceptors (Lipinski definition) is 4. The van der Waals surface area contributed by atoms with Gasteiger partial charge < -0.3 is 11.1 Å². The SMILES string of the molecule is CNc1cc(CN)nc(-c2ccccc2)n1. The van der Waals surface area contributed by atoms with E-state index in [9.17, 15) is 0 Å². The highest BCUT2D eigenvalue weighted by Gasteiger charge is 2.04. The van der Waals surface area contributed by atoms with Crippen LogP contribution in [-0.4, -0.2) is 17.0 Å². The standard InChI is InChI=1S/C12H14N4/c1-14-11-7-10(8-13)15-12(16-11)9-5-3-2-4-6-9/h2-7H,8,13H2,1H3,(H,14,15,16). The number of aromatic nitrogens is 2. The molecule has 0 fully saturated rings. The van der Waals surface area contributed by atoms with Crippen molar-refractivity contribution in [2.45, 2.75) is 6.54 Å². The molecule has 0 aliphatic rings. The second kappa shape index (κ2) is 4.72. The molecule has 1 aromatic heterocycles. The van der Waals surface area contributed by atoms with Crippen LogP contribution in [0, 0.1) is 0 Å². The number of nitrogens with zero attached hydrogens (tertiary/aromatic N) is 2. The zero-order chi connectivity index (χ0) is 11.4. The minimum absolute atomic E-state index is 0.414. The number of hydrogen-bond donors (Lipinski definition) is 2. The molecule has 16 heavy (non-hydrogen) atoms. The van der Waals surface area contributed by atoms with E-state index in [0.717, 1.165) is 17.1 Å². The monoisotopic (exact) mass is 214 g/mol. The number of nitrogens with one attached hydrogen (secondary N) is 1. The molecule has 1 aromatic carbocycles. The van der Waals surface area contributed by atoms with Crippen LogP contribution in [0.5, 0.6) is 0 Å². The first-order valence-corrected chi connectivity index (χ1v) is 5.14. The predicted octanol–water partition coefficient (Wildman–Crippen LogP) is 1.64. The Kier molecular flexibility index (Phi) is 3.12. The summed E-state index contributed by atoms with van der Waals surface area (Å²) in [5, 5.41) is 3.01. The van der Waals surface area contributed by atoms with Gasteiger partial charge >= 0.3 is 0 Å². The molecule has 0 saturated carbocycles. The summed E-state index contributed by atoms with van der Waals surface area (Å²) in [6, 6.07) is 11.7. The quantitative estimate of drug-likeness (QED) is 0.815. The first-order valence-electron chi connectivity index (χ1n) is 5.14. The summed E-state index contributed by atoms with van der Waals surface area (Å²) < 4.78 is 0. The molecular formula is C12H14N4. The molecule has 0 amide bonds. The molecule has 1 heterocycles. The van der Waals surface area contributed by atoms with Crippen molar-refractivity contribution in [3.63, 3.8) is 0 Å². The van der Waals surface area contributed by atoms with Crippen LogP contribution in [0.15, 0.2) is 36.4 Å². The fourth-order valence-electron chi connectivity index (χ4n) is 1.45. The van der Waals surface area contributed by atoms with Gasteiger partial charge in [0, 0.05) is 25.2 Å². The van der Waals surface area contributed by atoms with Crippen molar-refractivity contribution >= 4 is 5.82 Å². The molecule has 0 aliphatic heterocycles. The summed E-state index contributed by atoms with van der Waals surface area (Å²) in [5.41, 5.74) is 7.43. The van der Waals surface area contributed by atoms with Crippen LogP contribution in [0.1, 0.15) is 5.69 Å². The largest absolute Gasteiger partial charge is 0.373 e. The lowest BCUT2D eigenvalue weighted by Gasteiger charge is -2.06. The van der Waals surface area contributed by atoms with E-state index >= 15 is 0 Å². The van der Waals surface area contributed by atoms with Gasteiger partial charge in [-0.05, 0) is 0 Å². The molecular weight excluding hydrogens is 200 g/mol. The number of anilines is 1.